The van der Waals surface area contributed by atoms with Crippen LogP contribution in [0, 0.1) is 6.92 Å². The van der Waals surface area contributed by atoms with E-state index < -0.39 is 0 Å². The van der Waals surface area contributed by atoms with E-state index >= 15 is 0 Å². The van der Waals surface area contributed by atoms with Gasteiger partial charge in [-0.05, 0) is 30.2 Å². The highest BCUT2D eigenvalue weighted by Gasteiger charge is 2.13. The lowest BCUT2D eigenvalue weighted by atomic mass is 10.00. The number of benzene rings is 1. The van der Waals surface area contributed by atoms with Gasteiger partial charge >= 0.3 is 0 Å². The summed E-state index contributed by atoms with van der Waals surface area (Å²) in [4.78, 5) is 8.62. The number of hydrogen-bond acceptors (Lipinski definition) is 4. The molecule has 1 N–H and O–H groups in total. The van der Waals surface area contributed by atoms with E-state index in [1.54, 1.807) is 11.3 Å². The maximum atomic E-state index is 4.51. The first-order valence-corrected chi connectivity index (χ1v) is 7.80. The first-order chi connectivity index (χ1) is 10.3. The molecule has 2 aromatic heterocycles. The summed E-state index contributed by atoms with van der Waals surface area (Å²) < 4.78 is 0. The Kier molecular flexibility index (Phi) is 4.38. The lowest BCUT2D eigenvalue weighted by Crippen LogP contribution is -2.22. The molecule has 3 aromatic rings. The molecule has 1 aromatic carbocycles. The van der Waals surface area contributed by atoms with Crippen molar-refractivity contribution in [2.45, 2.75) is 19.5 Å². The van der Waals surface area contributed by atoms with Gasteiger partial charge in [0.15, 0.2) is 0 Å². The van der Waals surface area contributed by atoms with Crippen LogP contribution >= 0.6 is 11.3 Å². The van der Waals surface area contributed by atoms with Gasteiger partial charge in [-0.25, -0.2) is 4.98 Å². The monoisotopic (exact) mass is 295 g/mol. The fourth-order valence-electron chi connectivity index (χ4n) is 2.30. The summed E-state index contributed by atoms with van der Waals surface area (Å²) in [6.07, 6.45) is 3.67. The minimum absolute atomic E-state index is 0.151. The van der Waals surface area contributed by atoms with Crippen LogP contribution in [-0.4, -0.2) is 9.97 Å². The molecule has 3 rings (SSSR count). The molecular weight excluding hydrogens is 278 g/mol. The molecule has 0 saturated heterocycles. The van der Waals surface area contributed by atoms with Crippen molar-refractivity contribution in [3.63, 3.8) is 0 Å². The molecule has 4 heteroatoms. The van der Waals surface area contributed by atoms with Crippen molar-refractivity contribution in [3.05, 3.63) is 82.1 Å². The van der Waals surface area contributed by atoms with E-state index in [4.69, 9.17) is 0 Å². The number of rotatable bonds is 5. The first kappa shape index (κ1) is 13.9. The highest BCUT2D eigenvalue weighted by molar-refractivity contribution is 7.09. The number of thiazole rings is 1. The summed E-state index contributed by atoms with van der Waals surface area (Å²) in [5.74, 6) is 0. The molecular formula is C17H17N3S. The second kappa shape index (κ2) is 6.61. The number of nitrogens with one attached hydrogen (secondary N) is 1. The van der Waals surface area contributed by atoms with Crippen LogP contribution in [0.3, 0.4) is 0 Å². The van der Waals surface area contributed by atoms with Crippen LogP contribution in [0.15, 0.2) is 60.2 Å². The number of aromatic nitrogens is 2. The summed E-state index contributed by atoms with van der Waals surface area (Å²) in [5.41, 5.74) is 3.54. The molecule has 106 valence electrons. The van der Waals surface area contributed by atoms with Crippen molar-refractivity contribution < 1.29 is 0 Å². The minimum Gasteiger partial charge on any atom is -0.300 e. The van der Waals surface area contributed by atoms with Crippen LogP contribution in [0.1, 0.15) is 27.9 Å². The molecule has 0 amide bonds. The molecule has 0 saturated carbocycles. The molecule has 21 heavy (non-hydrogen) atoms. The molecule has 0 radical (unpaired) electrons. The van der Waals surface area contributed by atoms with E-state index in [1.165, 1.54) is 11.1 Å². The predicted octanol–water partition coefficient (Wildman–Crippen LogP) is 3.73. The fraction of sp³-hybridized carbons (Fsp3) is 0.176. The molecule has 2 heterocycles. The third kappa shape index (κ3) is 3.54. The Morgan fingerprint density at radius 3 is 2.43 bits per heavy atom. The lowest BCUT2D eigenvalue weighted by molar-refractivity contribution is 0.602. The standard InChI is InChI=1S/C17H17N3S/c1-13-12-21-16(20-13)11-19-17(14-5-3-2-4-6-14)15-7-9-18-10-8-15/h2-10,12,17,19H,11H2,1H3. The van der Waals surface area contributed by atoms with Gasteiger partial charge < -0.3 is 0 Å². The topological polar surface area (TPSA) is 37.8 Å². The van der Waals surface area contributed by atoms with Crippen molar-refractivity contribution in [1.29, 1.82) is 0 Å². The summed E-state index contributed by atoms with van der Waals surface area (Å²) in [5, 5.41) is 6.80. The predicted molar refractivity (Wildman–Crippen MR) is 86.2 cm³/mol. The van der Waals surface area contributed by atoms with Crippen LogP contribution in [0.2, 0.25) is 0 Å². The number of pyridine rings is 1. The number of hydrogen-bond donors (Lipinski definition) is 1. The van der Waals surface area contributed by atoms with E-state index in [0.29, 0.717) is 0 Å². The second-order valence-electron chi connectivity index (χ2n) is 4.89. The van der Waals surface area contributed by atoms with Crippen molar-refractivity contribution >= 4 is 11.3 Å². The van der Waals surface area contributed by atoms with Crippen molar-refractivity contribution in [2.75, 3.05) is 0 Å². The van der Waals surface area contributed by atoms with E-state index in [9.17, 15) is 0 Å². The molecule has 1 unspecified atom stereocenters. The normalized spacial score (nSPS) is 12.2. The second-order valence-corrected chi connectivity index (χ2v) is 5.83. The molecule has 1 atom stereocenters. The van der Waals surface area contributed by atoms with Gasteiger partial charge in [-0.1, -0.05) is 30.3 Å². The van der Waals surface area contributed by atoms with Crippen LogP contribution in [0.5, 0.6) is 0 Å². The smallest absolute Gasteiger partial charge is 0.107 e. The van der Waals surface area contributed by atoms with Gasteiger partial charge in [0.05, 0.1) is 6.04 Å². The Morgan fingerprint density at radius 2 is 1.76 bits per heavy atom. The lowest BCUT2D eigenvalue weighted by Gasteiger charge is -2.19. The van der Waals surface area contributed by atoms with Gasteiger partial charge in [0, 0.05) is 30.0 Å². The van der Waals surface area contributed by atoms with Crippen molar-refractivity contribution in [2.24, 2.45) is 0 Å². The molecule has 0 fully saturated rings. The molecule has 0 bridgehead atoms. The molecule has 0 aliphatic rings. The summed E-state index contributed by atoms with van der Waals surface area (Å²) >= 11 is 1.70. The Labute approximate surface area is 128 Å². The highest BCUT2D eigenvalue weighted by Crippen LogP contribution is 2.22. The zero-order valence-corrected chi connectivity index (χ0v) is 12.7. The van der Waals surface area contributed by atoms with Gasteiger partial charge in [-0.2, -0.15) is 0 Å². The van der Waals surface area contributed by atoms with Gasteiger partial charge in [0.25, 0.3) is 0 Å². The quantitative estimate of drug-likeness (QED) is 0.779. The summed E-state index contributed by atoms with van der Waals surface area (Å²) in [7, 11) is 0. The van der Waals surface area contributed by atoms with Gasteiger partial charge in [-0.15, -0.1) is 11.3 Å². The maximum absolute atomic E-state index is 4.51. The SMILES string of the molecule is Cc1csc(CNC(c2ccccc2)c2ccncc2)n1. The Balaban J connectivity index is 1.83. The number of aryl methyl sites for hydroxylation is 1. The molecule has 0 aliphatic carbocycles. The van der Waals surface area contributed by atoms with E-state index in [0.717, 1.165) is 17.2 Å². The summed E-state index contributed by atoms with van der Waals surface area (Å²) in [6, 6.07) is 14.7. The fourth-order valence-corrected chi connectivity index (χ4v) is 3.03. The molecule has 0 spiro atoms. The molecule has 0 aliphatic heterocycles. The third-order valence-corrected chi connectivity index (χ3v) is 4.26. The Bertz CT molecular complexity index is 640. The van der Waals surface area contributed by atoms with Gasteiger partial charge in [0.1, 0.15) is 5.01 Å². The average molecular weight is 295 g/mol. The van der Waals surface area contributed by atoms with E-state index in [2.05, 4.69) is 57.1 Å². The van der Waals surface area contributed by atoms with Gasteiger partial charge in [-0.3, -0.25) is 10.3 Å². The molecule has 3 nitrogen and oxygen atoms in total. The van der Waals surface area contributed by atoms with Gasteiger partial charge in [0.2, 0.25) is 0 Å². The Morgan fingerprint density at radius 1 is 1.05 bits per heavy atom. The third-order valence-electron chi connectivity index (χ3n) is 3.30. The largest absolute Gasteiger partial charge is 0.300 e. The van der Waals surface area contributed by atoms with Crippen molar-refractivity contribution in [3.8, 4) is 0 Å². The van der Waals surface area contributed by atoms with Crippen LogP contribution in [0.25, 0.3) is 0 Å². The van der Waals surface area contributed by atoms with Crippen molar-refractivity contribution in [1.82, 2.24) is 15.3 Å². The van der Waals surface area contributed by atoms with Crippen LogP contribution in [-0.2, 0) is 6.54 Å². The van der Waals surface area contributed by atoms with Crippen LogP contribution < -0.4 is 5.32 Å². The zero-order valence-electron chi connectivity index (χ0n) is 11.9. The first-order valence-electron chi connectivity index (χ1n) is 6.92. The highest BCUT2D eigenvalue weighted by atomic mass is 32.1. The summed E-state index contributed by atoms with van der Waals surface area (Å²) in [6.45, 7) is 2.79. The van der Waals surface area contributed by atoms with Crippen LogP contribution in [0.4, 0.5) is 0 Å². The average Bonchev–Trinajstić information content (AvgIpc) is 2.95. The number of nitrogens with zero attached hydrogens (tertiary/aromatic N) is 2. The minimum atomic E-state index is 0.151. The Hall–Kier alpha value is -2.04. The zero-order chi connectivity index (χ0) is 14.5. The maximum Gasteiger partial charge on any atom is 0.107 e. The van der Waals surface area contributed by atoms with E-state index in [1.807, 2.05) is 25.4 Å². The van der Waals surface area contributed by atoms with E-state index in [-0.39, 0.29) is 6.04 Å².